The number of benzene rings is 2. The van der Waals surface area contributed by atoms with E-state index < -0.39 is 15.6 Å². The molecule has 1 aliphatic rings. The number of amides is 1. The maximum atomic E-state index is 13.2. The van der Waals surface area contributed by atoms with Crippen molar-refractivity contribution in [2.24, 2.45) is 0 Å². The van der Waals surface area contributed by atoms with Crippen LogP contribution in [0.1, 0.15) is 20.8 Å². The fourth-order valence-corrected chi connectivity index (χ4v) is 4.86. The average Bonchev–Trinajstić information content (AvgIpc) is 2.82. The van der Waals surface area contributed by atoms with E-state index in [1.807, 2.05) is 20.8 Å². The summed E-state index contributed by atoms with van der Waals surface area (Å²) in [5, 5.41) is 0. The molecule has 0 radical (unpaired) electrons. The number of anilines is 2. The summed E-state index contributed by atoms with van der Waals surface area (Å²) in [7, 11) is 0.780. The van der Waals surface area contributed by atoms with Gasteiger partial charge in [-0.3, -0.25) is 4.31 Å². The minimum absolute atomic E-state index is 0.137. The van der Waals surface area contributed by atoms with Gasteiger partial charge in [0.05, 0.1) is 30.5 Å². The molecule has 9 nitrogen and oxygen atoms in total. The predicted octanol–water partition coefficient (Wildman–Crippen LogP) is 3.59. The number of piperazine rings is 1. The topological polar surface area (TPSA) is 88.6 Å². The molecule has 34 heavy (non-hydrogen) atoms. The minimum Gasteiger partial charge on any atom is -0.497 e. The number of carbonyl (C=O) groups is 1. The Bertz CT molecular complexity index is 1120. The van der Waals surface area contributed by atoms with Crippen molar-refractivity contribution in [2.45, 2.75) is 31.3 Å². The lowest BCUT2D eigenvalue weighted by Gasteiger charge is -2.37. The molecule has 0 atom stereocenters. The summed E-state index contributed by atoms with van der Waals surface area (Å²) in [6.07, 6.45) is -0.336. The molecule has 0 saturated carbocycles. The van der Waals surface area contributed by atoms with Crippen LogP contribution in [0.15, 0.2) is 47.4 Å². The maximum Gasteiger partial charge on any atom is 0.410 e. The van der Waals surface area contributed by atoms with E-state index in [9.17, 15) is 13.2 Å². The van der Waals surface area contributed by atoms with E-state index in [4.69, 9.17) is 14.2 Å². The monoisotopic (exact) mass is 491 g/mol. The molecule has 186 valence electrons. The van der Waals surface area contributed by atoms with Crippen LogP contribution in [0.3, 0.4) is 0 Å². The Morgan fingerprint density at radius 1 is 0.971 bits per heavy atom. The van der Waals surface area contributed by atoms with Crippen LogP contribution < -0.4 is 18.7 Å². The van der Waals surface area contributed by atoms with Gasteiger partial charge in [-0.25, -0.2) is 13.2 Å². The van der Waals surface area contributed by atoms with Gasteiger partial charge in [0, 0.05) is 39.3 Å². The predicted molar refractivity (Wildman–Crippen MR) is 132 cm³/mol. The summed E-state index contributed by atoms with van der Waals surface area (Å²) in [6, 6.07) is 11.6. The van der Waals surface area contributed by atoms with E-state index in [1.165, 1.54) is 30.6 Å². The van der Waals surface area contributed by atoms with E-state index in [1.54, 1.807) is 42.3 Å². The summed E-state index contributed by atoms with van der Waals surface area (Å²) in [5.74, 6) is 1.09. The maximum absolute atomic E-state index is 13.2. The second-order valence-corrected chi connectivity index (χ2v) is 10.9. The Labute approximate surface area is 201 Å². The number of ether oxygens (including phenoxy) is 3. The minimum atomic E-state index is -3.80. The number of sulfonamides is 1. The van der Waals surface area contributed by atoms with Gasteiger partial charge in [0.25, 0.3) is 10.0 Å². The zero-order valence-electron chi connectivity index (χ0n) is 20.6. The first kappa shape index (κ1) is 25.5. The number of hydrogen-bond donors (Lipinski definition) is 0. The van der Waals surface area contributed by atoms with E-state index in [0.717, 1.165) is 5.69 Å². The molecule has 0 bridgehead atoms. The zero-order chi connectivity index (χ0) is 25.1. The highest BCUT2D eigenvalue weighted by atomic mass is 32.2. The van der Waals surface area contributed by atoms with Crippen molar-refractivity contribution in [3.63, 3.8) is 0 Å². The first-order valence-corrected chi connectivity index (χ1v) is 12.4. The Kier molecular flexibility index (Phi) is 7.50. The number of hydrogen-bond acceptors (Lipinski definition) is 7. The van der Waals surface area contributed by atoms with Gasteiger partial charge in [0.1, 0.15) is 17.1 Å². The largest absolute Gasteiger partial charge is 0.497 e. The molecule has 10 heteroatoms. The molecule has 2 aromatic carbocycles. The third kappa shape index (κ3) is 5.67. The molecule has 0 spiro atoms. The van der Waals surface area contributed by atoms with Crippen molar-refractivity contribution in [2.75, 3.05) is 56.7 Å². The zero-order valence-corrected chi connectivity index (χ0v) is 21.4. The van der Waals surface area contributed by atoms with Gasteiger partial charge < -0.3 is 24.0 Å². The first-order valence-electron chi connectivity index (χ1n) is 11.0. The van der Waals surface area contributed by atoms with Crippen LogP contribution in [0, 0.1) is 0 Å². The molecule has 0 aliphatic carbocycles. The molecule has 1 fully saturated rings. The molecule has 2 aromatic rings. The number of carbonyl (C=O) groups excluding carboxylic acids is 1. The molecule has 1 amide bonds. The molecule has 1 heterocycles. The van der Waals surface area contributed by atoms with Crippen LogP contribution in [0.25, 0.3) is 0 Å². The molecule has 1 aliphatic heterocycles. The summed E-state index contributed by atoms with van der Waals surface area (Å²) in [6.45, 7) is 7.62. The fourth-order valence-electron chi connectivity index (χ4n) is 3.64. The van der Waals surface area contributed by atoms with Gasteiger partial charge in [-0.1, -0.05) is 6.07 Å². The van der Waals surface area contributed by atoms with Gasteiger partial charge >= 0.3 is 6.09 Å². The number of nitrogens with zero attached hydrogens (tertiary/aromatic N) is 3. The molecular formula is C24H33N3O6S. The van der Waals surface area contributed by atoms with Gasteiger partial charge in [0.2, 0.25) is 0 Å². The van der Waals surface area contributed by atoms with Crippen molar-refractivity contribution in [1.82, 2.24) is 4.90 Å². The van der Waals surface area contributed by atoms with Crippen LogP contribution in [-0.2, 0) is 14.8 Å². The first-order chi connectivity index (χ1) is 16.0. The Hall–Kier alpha value is -3.14. The van der Waals surface area contributed by atoms with Gasteiger partial charge in [-0.05, 0) is 51.1 Å². The highest BCUT2D eigenvalue weighted by molar-refractivity contribution is 7.92. The van der Waals surface area contributed by atoms with Crippen molar-refractivity contribution >= 4 is 27.5 Å². The molecule has 3 rings (SSSR count). The lowest BCUT2D eigenvalue weighted by Crippen LogP contribution is -2.50. The van der Waals surface area contributed by atoms with Gasteiger partial charge in [-0.2, -0.15) is 0 Å². The SMILES string of the molecule is COc1cccc(S(=O)(=O)N(C)c2ccc(OC)c(N3CCN(C(=O)OC(C)(C)C)CC3)c2)c1. The van der Waals surface area contributed by atoms with Crippen molar-refractivity contribution < 1.29 is 27.4 Å². The quantitative estimate of drug-likeness (QED) is 0.610. The highest BCUT2D eigenvalue weighted by Crippen LogP contribution is 2.35. The third-order valence-electron chi connectivity index (χ3n) is 5.50. The van der Waals surface area contributed by atoms with Crippen molar-refractivity contribution in [1.29, 1.82) is 0 Å². The number of rotatable bonds is 6. The second kappa shape index (κ2) is 10.0. The van der Waals surface area contributed by atoms with E-state index in [-0.39, 0.29) is 11.0 Å². The van der Waals surface area contributed by atoms with Crippen LogP contribution in [0.5, 0.6) is 11.5 Å². The van der Waals surface area contributed by atoms with E-state index >= 15 is 0 Å². The van der Waals surface area contributed by atoms with Crippen molar-refractivity contribution in [3.05, 3.63) is 42.5 Å². The van der Waals surface area contributed by atoms with Crippen LogP contribution in [0.2, 0.25) is 0 Å². The summed E-state index contributed by atoms with van der Waals surface area (Å²) in [5.41, 5.74) is 0.703. The van der Waals surface area contributed by atoms with Crippen LogP contribution in [0.4, 0.5) is 16.2 Å². The normalized spacial score (nSPS) is 14.5. The van der Waals surface area contributed by atoms with E-state index in [2.05, 4.69) is 4.90 Å². The molecule has 0 N–H and O–H groups in total. The molecule has 0 aromatic heterocycles. The Morgan fingerprint density at radius 3 is 2.24 bits per heavy atom. The summed E-state index contributed by atoms with van der Waals surface area (Å²) in [4.78, 5) is 16.3. The lowest BCUT2D eigenvalue weighted by atomic mass is 10.2. The number of methoxy groups -OCH3 is 2. The van der Waals surface area contributed by atoms with Crippen LogP contribution >= 0.6 is 0 Å². The standard InChI is InChI=1S/C24H33N3O6S/c1-24(2,3)33-23(28)27-14-12-26(13-15-27)21-16-18(10-11-22(21)32-6)25(4)34(29,30)20-9-7-8-19(17-20)31-5/h7-11,16-17H,12-15H2,1-6H3. The lowest BCUT2D eigenvalue weighted by molar-refractivity contribution is 0.0240. The summed E-state index contributed by atoms with van der Waals surface area (Å²) < 4.78 is 43.9. The third-order valence-corrected chi connectivity index (χ3v) is 7.28. The van der Waals surface area contributed by atoms with Gasteiger partial charge in [0.15, 0.2) is 0 Å². The Morgan fingerprint density at radius 2 is 1.65 bits per heavy atom. The van der Waals surface area contributed by atoms with E-state index in [0.29, 0.717) is 43.4 Å². The molecule has 1 saturated heterocycles. The van der Waals surface area contributed by atoms with Crippen molar-refractivity contribution in [3.8, 4) is 11.5 Å². The van der Waals surface area contributed by atoms with Gasteiger partial charge in [-0.15, -0.1) is 0 Å². The molecule has 0 unspecified atom stereocenters. The fraction of sp³-hybridized carbons (Fsp3) is 0.458. The molecular weight excluding hydrogens is 458 g/mol. The average molecular weight is 492 g/mol. The highest BCUT2D eigenvalue weighted by Gasteiger charge is 2.28. The smallest absolute Gasteiger partial charge is 0.410 e. The summed E-state index contributed by atoms with van der Waals surface area (Å²) >= 11 is 0. The van der Waals surface area contributed by atoms with Crippen LogP contribution in [-0.4, -0.2) is 72.5 Å². The Balaban J connectivity index is 1.82. The second-order valence-electron chi connectivity index (χ2n) is 8.96.